The lowest BCUT2D eigenvalue weighted by Gasteiger charge is -2.21. The van der Waals surface area contributed by atoms with Crippen LogP contribution in [-0.4, -0.2) is 33.2 Å². The zero-order valence-corrected chi connectivity index (χ0v) is 22.4. The van der Waals surface area contributed by atoms with Crippen LogP contribution in [0.4, 0.5) is 37.7 Å². The minimum Gasteiger partial charge on any atom is -0.478 e. The molecule has 0 fully saturated rings. The van der Waals surface area contributed by atoms with Gasteiger partial charge >= 0.3 is 30.3 Å². The van der Waals surface area contributed by atoms with Crippen molar-refractivity contribution in [2.24, 2.45) is 23.2 Å². The van der Waals surface area contributed by atoms with E-state index < -0.39 is 58.1 Å². The highest BCUT2D eigenvalue weighted by Crippen LogP contribution is 2.35. The fraction of sp³-hybridized carbons (Fsp3) is 0.0741. The van der Waals surface area contributed by atoms with Crippen LogP contribution in [0.2, 0.25) is 0 Å². The molecule has 3 rings (SSSR count). The van der Waals surface area contributed by atoms with E-state index in [2.05, 4.69) is 0 Å². The zero-order chi connectivity index (χ0) is 34.0. The molecule has 0 atom stereocenters. The van der Waals surface area contributed by atoms with Crippen LogP contribution in [0.5, 0.6) is 0 Å². The first-order valence-electron chi connectivity index (χ1n) is 12.0. The van der Waals surface area contributed by atoms with Crippen molar-refractivity contribution in [2.75, 3.05) is 10.0 Å². The number of rotatable bonds is 9. The molecule has 45 heavy (non-hydrogen) atoms. The molecule has 3 aromatic rings. The first-order valence-corrected chi connectivity index (χ1v) is 12.0. The van der Waals surface area contributed by atoms with Crippen molar-refractivity contribution in [2.45, 2.75) is 12.4 Å². The fourth-order valence-electron chi connectivity index (χ4n) is 3.90. The maximum absolute atomic E-state index is 13.4. The minimum absolute atomic E-state index is 0.140. The van der Waals surface area contributed by atoms with E-state index in [1.807, 2.05) is 0 Å². The summed E-state index contributed by atoms with van der Waals surface area (Å²) in [6.07, 6.45) is -8.25. The summed E-state index contributed by atoms with van der Waals surface area (Å²) in [7, 11) is 0. The molecule has 0 aliphatic rings. The van der Waals surface area contributed by atoms with E-state index in [0.29, 0.717) is 24.3 Å². The smallest absolute Gasteiger partial charge is 0.417 e. The Hall–Kier alpha value is -5.75. The lowest BCUT2D eigenvalue weighted by Crippen LogP contribution is -2.29. The predicted octanol–water partition coefficient (Wildman–Crippen LogP) is 4.09. The van der Waals surface area contributed by atoms with Crippen molar-refractivity contribution < 1.29 is 56.0 Å². The van der Waals surface area contributed by atoms with Crippen molar-refractivity contribution in [3.8, 4) is 0 Å². The van der Waals surface area contributed by atoms with Gasteiger partial charge in [-0.2, -0.15) is 26.3 Å². The van der Waals surface area contributed by atoms with Crippen LogP contribution in [0.15, 0.2) is 67.0 Å². The molecular formula is C27H22F6N6O6. The first kappa shape index (κ1) is 33.7. The van der Waals surface area contributed by atoms with Crippen LogP contribution >= 0.6 is 0 Å². The Morgan fingerprint density at radius 2 is 0.933 bits per heavy atom. The molecule has 238 valence electrons. The highest BCUT2D eigenvalue weighted by atomic mass is 19.4. The summed E-state index contributed by atoms with van der Waals surface area (Å²) in [6, 6.07) is 7.61. The topological polar surface area (TPSA) is 222 Å². The number of nitrogens with two attached hydrogens (primary N) is 4. The van der Waals surface area contributed by atoms with Gasteiger partial charge in [-0.15, -0.1) is 0 Å². The normalized spacial score (nSPS) is 12.5. The van der Waals surface area contributed by atoms with Crippen LogP contribution in [0.25, 0.3) is 11.4 Å². The number of nitrogens with zero attached hydrogens (tertiary/aromatic N) is 2. The third-order valence-corrected chi connectivity index (χ3v) is 6.08. The highest BCUT2D eigenvalue weighted by molar-refractivity contribution is 5.92. The molecule has 18 heteroatoms. The zero-order valence-electron chi connectivity index (χ0n) is 22.4. The molecule has 0 heterocycles. The van der Waals surface area contributed by atoms with Crippen molar-refractivity contribution in [1.82, 2.24) is 0 Å². The molecule has 0 unspecified atom stereocenters. The minimum atomic E-state index is -5.04. The quantitative estimate of drug-likeness (QED) is 0.0998. The molecule has 0 saturated carbocycles. The second kappa shape index (κ2) is 12.5. The van der Waals surface area contributed by atoms with Crippen molar-refractivity contribution >= 4 is 40.7 Å². The van der Waals surface area contributed by atoms with E-state index in [0.717, 1.165) is 46.7 Å². The van der Waals surface area contributed by atoms with Gasteiger partial charge in [0.2, 0.25) is 0 Å². The summed E-state index contributed by atoms with van der Waals surface area (Å²) in [5, 5.41) is 29.2. The van der Waals surface area contributed by atoms with Crippen LogP contribution in [-0.2, 0) is 12.4 Å². The molecular weight excluding hydrogens is 618 g/mol. The lowest BCUT2D eigenvalue weighted by molar-refractivity contribution is -0.138. The number of hydrogen-bond donors (Lipinski definition) is 7. The number of alkyl halides is 6. The number of halogens is 6. The van der Waals surface area contributed by atoms with Crippen LogP contribution < -0.4 is 33.2 Å². The van der Waals surface area contributed by atoms with Crippen LogP contribution in [0, 0.1) is 0 Å². The van der Waals surface area contributed by atoms with E-state index in [-0.39, 0.29) is 33.9 Å². The molecule has 0 radical (unpaired) electrons. The molecule has 0 saturated heterocycles. The van der Waals surface area contributed by atoms with E-state index in [4.69, 9.17) is 33.4 Å². The summed E-state index contributed by atoms with van der Waals surface area (Å²) in [5.41, 5.74) is 4.77. The van der Waals surface area contributed by atoms with Gasteiger partial charge in [-0.25, -0.2) is 26.1 Å². The number of aromatic carboxylic acids is 3. The SMILES string of the molecule is N/C(=C\N(N)c1cc(C(=O)O)cc(N(N)/C=C(\N)c2ccc(C(=O)O)c(C(F)(F)F)c2)c1)c1ccc(C(=O)O)c(C(F)(F)F)c1. The Labute approximate surface area is 248 Å². The number of carboxylic acid groups (broad SMARTS) is 3. The largest absolute Gasteiger partial charge is 0.478 e. The first-order chi connectivity index (χ1) is 20.7. The molecule has 0 aliphatic heterocycles. The van der Waals surface area contributed by atoms with Gasteiger partial charge in [-0.1, -0.05) is 12.1 Å². The maximum atomic E-state index is 13.4. The molecule has 0 spiro atoms. The molecule has 0 amide bonds. The van der Waals surface area contributed by atoms with Gasteiger partial charge in [0.15, 0.2) is 0 Å². The number of hydrogen-bond acceptors (Lipinski definition) is 9. The molecule has 0 aliphatic carbocycles. The van der Waals surface area contributed by atoms with Crippen LogP contribution in [0.1, 0.15) is 53.3 Å². The predicted molar refractivity (Wildman–Crippen MR) is 148 cm³/mol. The van der Waals surface area contributed by atoms with E-state index in [9.17, 15) is 45.8 Å². The maximum Gasteiger partial charge on any atom is 0.417 e. The molecule has 12 nitrogen and oxygen atoms in total. The Morgan fingerprint density at radius 3 is 1.22 bits per heavy atom. The van der Waals surface area contributed by atoms with Gasteiger partial charge in [0, 0.05) is 12.4 Å². The number of anilines is 2. The van der Waals surface area contributed by atoms with Crippen molar-refractivity contribution in [1.29, 1.82) is 0 Å². The second-order valence-corrected chi connectivity index (χ2v) is 9.15. The number of hydrazine groups is 2. The van der Waals surface area contributed by atoms with E-state index in [1.54, 1.807) is 0 Å². The Balaban J connectivity index is 2.02. The average Bonchev–Trinajstić information content (AvgIpc) is 2.94. The summed E-state index contributed by atoms with van der Waals surface area (Å²) < 4.78 is 80.5. The molecule has 11 N–H and O–H groups in total. The van der Waals surface area contributed by atoms with Crippen LogP contribution in [0.3, 0.4) is 0 Å². The molecule has 3 aromatic carbocycles. The lowest BCUT2D eigenvalue weighted by atomic mass is 10.0. The van der Waals surface area contributed by atoms with E-state index in [1.165, 1.54) is 6.07 Å². The summed E-state index contributed by atoms with van der Waals surface area (Å²) in [4.78, 5) is 34.2. The summed E-state index contributed by atoms with van der Waals surface area (Å²) >= 11 is 0. The number of benzene rings is 3. The van der Waals surface area contributed by atoms with Gasteiger partial charge in [-0.3, -0.25) is 10.0 Å². The van der Waals surface area contributed by atoms with Gasteiger partial charge in [0.05, 0.1) is 50.6 Å². The summed E-state index contributed by atoms with van der Waals surface area (Å²) in [5.74, 6) is 6.82. The fourth-order valence-corrected chi connectivity index (χ4v) is 3.90. The molecule has 0 aromatic heterocycles. The Kier molecular flexibility index (Phi) is 9.35. The third-order valence-electron chi connectivity index (χ3n) is 6.08. The standard InChI is InChI=1S/C27H22F6N6O6/c28-26(29,30)19-7-12(1-3-17(19)24(42)43)21(34)10-38(36)15-5-14(23(40)41)6-16(9-15)39(37)11-22(35)13-2-4-18(25(44)45)20(8-13)27(31,32)33/h1-11H,34-37H2,(H,40,41)(H,42,43)(H,44,45)/b21-10-,22-11-. The average molecular weight is 640 g/mol. The Bertz CT molecular complexity index is 1620. The van der Waals surface area contributed by atoms with Gasteiger partial charge < -0.3 is 26.8 Å². The Morgan fingerprint density at radius 1 is 0.578 bits per heavy atom. The van der Waals surface area contributed by atoms with Gasteiger partial charge in [0.25, 0.3) is 0 Å². The summed E-state index contributed by atoms with van der Waals surface area (Å²) in [6.45, 7) is 0. The monoisotopic (exact) mass is 640 g/mol. The number of carbonyl (C=O) groups is 3. The number of carboxylic acids is 3. The van der Waals surface area contributed by atoms with E-state index >= 15 is 0 Å². The van der Waals surface area contributed by atoms with Gasteiger partial charge in [0.1, 0.15) is 0 Å². The van der Waals surface area contributed by atoms with Crippen molar-refractivity contribution in [3.05, 3.63) is 106 Å². The van der Waals surface area contributed by atoms with Gasteiger partial charge in [-0.05, 0) is 53.6 Å². The van der Waals surface area contributed by atoms with Crippen molar-refractivity contribution in [3.63, 3.8) is 0 Å². The third kappa shape index (κ3) is 7.80. The molecule has 0 bridgehead atoms. The highest BCUT2D eigenvalue weighted by Gasteiger charge is 2.36. The second-order valence-electron chi connectivity index (χ2n) is 9.15.